The first-order valence-corrected chi connectivity index (χ1v) is 8.44. The van der Waals surface area contributed by atoms with Crippen LogP contribution in [0.3, 0.4) is 0 Å². The molecule has 2 aliphatic heterocycles. The first-order valence-electron chi connectivity index (χ1n) is 8.44. The average molecular weight is 292 g/mol. The zero-order chi connectivity index (χ0) is 15.1. The number of hydrogen-bond acceptors (Lipinski definition) is 3. The van der Waals surface area contributed by atoms with Gasteiger partial charge in [0.05, 0.1) is 13.2 Å². The summed E-state index contributed by atoms with van der Waals surface area (Å²) in [6.45, 7) is 19.1. The van der Waals surface area contributed by atoms with Crippen LogP contribution in [0.25, 0.3) is 0 Å². The van der Waals surface area contributed by atoms with E-state index in [9.17, 15) is 0 Å². The fourth-order valence-corrected chi connectivity index (χ4v) is 3.85. The van der Waals surface area contributed by atoms with Crippen LogP contribution in [0.1, 0.15) is 26.2 Å². The summed E-state index contributed by atoms with van der Waals surface area (Å²) in [4.78, 5) is 5.19. The Balaban J connectivity index is 1.88. The van der Waals surface area contributed by atoms with Gasteiger partial charge in [0, 0.05) is 32.7 Å². The summed E-state index contributed by atoms with van der Waals surface area (Å²) in [6.07, 6.45) is 7.71. The summed E-state index contributed by atoms with van der Waals surface area (Å²) >= 11 is 0. The molecule has 0 N–H and O–H groups in total. The van der Waals surface area contributed by atoms with E-state index in [1.807, 2.05) is 0 Å². The van der Waals surface area contributed by atoms with Crippen LogP contribution < -0.4 is 0 Å². The highest BCUT2D eigenvalue weighted by Gasteiger charge is 2.38. The van der Waals surface area contributed by atoms with Crippen molar-refractivity contribution in [2.45, 2.75) is 26.2 Å². The van der Waals surface area contributed by atoms with Gasteiger partial charge >= 0.3 is 0 Å². The Labute approximate surface area is 130 Å². The van der Waals surface area contributed by atoms with E-state index >= 15 is 0 Å². The standard InChI is InChI=1S/C18H32N2O/c1-4-7-18(8-5-2)16-20(9-6-17(18)3)11-10-19-12-14-21-15-13-19/h4-5,17H,1-2,6-16H2,3H3. The summed E-state index contributed by atoms with van der Waals surface area (Å²) in [5.41, 5.74) is 0.354. The summed E-state index contributed by atoms with van der Waals surface area (Å²) in [6, 6.07) is 0. The van der Waals surface area contributed by atoms with Gasteiger partial charge in [0.1, 0.15) is 0 Å². The first-order chi connectivity index (χ1) is 10.2. The van der Waals surface area contributed by atoms with Crippen LogP contribution in [-0.4, -0.2) is 62.3 Å². The first kappa shape index (κ1) is 16.7. The highest BCUT2D eigenvalue weighted by Crippen LogP contribution is 2.42. The predicted octanol–water partition coefficient (Wildman–Crippen LogP) is 2.80. The lowest BCUT2D eigenvalue weighted by Crippen LogP contribution is -2.50. The minimum absolute atomic E-state index is 0.354. The maximum absolute atomic E-state index is 5.43. The van der Waals surface area contributed by atoms with Crippen LogP contribution in [0, 0.1) is 11.3 Å². The highest BCUT2D eigenvalue weighted by atomic mass is 16.5. The molecule has 2 heterocycles. The summed E-state index contributed by atoms with van der Waals surface area (Å²) in [7, 11) is 0. The van der Waals surface area contributed by atoms with Crippen LogP contribution in [-0.2, 0) is 4.74 Å². The van der Waals surface area contributed by atoms with Gasteiger partial charge in [-0.2, -0.15) is 0 Å². The molecule has 2 fully saturated rings. The number of likely N-dealkylation sites (tertiary alicyclic amines) is 1. The second-order valence-electron chi connectivity index (χ2n) is 6.77. The Kier molecular flexibility index (Phi) is 6.46. The summed E-state index contributed by atoms with van der Waals surface area (Å²) in [5, 5.41) is 0. The lowest BCUT2D eigenvalue weighted by Gasteiger charge is -2.47. The molecule has 3 heteroatoms. The Bertz CT molecular complexity index is 326. The Hall–Kier alpha value is -0.640. The number of hydrogen-bond donors (Lipinski definition) is 0. The number of nitrogens with zero attached hydrogens (tertiary/aromatic N) is 2. The van der Waals surface area contributed by atoms with Crippen molar-refractivity contribution in [3.05, 3.63) is 25.3 Å². The molecule has 0 spiro atoms. The van der Waals surface area contributed by atoms with Gasteiger partial charge in [-0.1, -0.05) is 19.1 Å². The molecule has 0 aliphatic carbocycles. The number of morpholine rings is 1. The fourth-order valence-electron chi connectivity index (χ4n) is 3.85. The number of piperidine rings is 1. The second kappa shape index (κ2) is 8.11. The van der Waals surface area contributed by atoms with E-state index in [-0.39, 0.29) is 0 Å². The largest absolute Gasteiger partial charge is 0.379 e. The van der Waals surface area contributed by atoms with Crippen LogP contribution in [0.4, 0.5) is 0 Å². The minimum Gasteiger partial charge on any atom is -0.379 e. The van der Waals surface area contributed by atoms with E-state index in [2.05, 4.69) is 42.0 Å². The van der Waals surface area contributed by atoms with E-state index in [1.165, 1.54) is 32.6 Å². The van der Waals surface area contributed by atoms with Crippen molar-refractivity contribution in [1.82, 2.24) is 9.80 Å². The zero-order valence-electron chi connectivity index (χ0n) is 13.7. The van der Waals surface area contributed by atoms with Crippen molar-refractivity contribution < 1.29 is 4.74 Å². The van der Waals surface area contributed by atoms with Crippen molar-refractivity contribution >= 4 is 0 Å². The lowest BCUT2D eigenvalue weighted by molar-refractivity contribution is 0.0122. The van der Waals surface area contributed by atoms with Gasteiger partial charge in [0.25, 0.3) is 0 Å². The Morgan fingerprint density at radius 1 is 1.05 bits per heavy atom. The molecule has 0 saturated carbocycles. The van der Waals surface area contributed by atoms with Crippen molar-refractivity contribution in [3.8, 4) is 0 Å². The van der Waals surface area contributed by atoms with Crippen LogP contribution in [0.5, 0.6) is 0 Å². The zero-order valence-corrected chi connectivity index (χ0v) is 13.7. The molecular weight excluding hydrogens is 260 g/mol. The molecule has 0 radical (unpaired) electrons. The Morgan fingerprint density at radius 3 is 2.29 bits per heavy atom. The van der Waals surface area contributed by atoms with Crippen LogP contribution >= 0.6 is 0 Å². The van der Waals surface area contributed by atoms with Gasteiger partial charge in [-0.3, -0.25) is 4.90 Å². The van der Waals surface area contributed by atoms with Crippen molar-refractivity contribution in [2.75, 3.05) is 52.5 Å². The number of ether oxygens (including phenoxy) is 1. The molecule has 1 unspecified atom stereocenters. The van der Waals surface area contributed by atoms with E-state index in [4.69, 9.17) is 4.74 Å². The smallest absolute Gasteiger partial charge is 0.0594 e. The van der Waals surface area contributed by atoms with Gasteiger partial charge in [-0.05, 0) is 37.1 Å². The molecule has 2 saturated heterocycles. The van der Waals surface area contributed by atoms with E-state index in [1.54, 1.807) is 0 Å². The quantitative estimate of drug-likeness (QED) is 0.671. The van der Waals surface area contributed by atoms with Crippen LogP contribution in [0.2, 0.25) is 0 Å². The Morgan fingerprint density at radius 2 is 1.67 bits per heavy atom. The van der Waals surface area contributed by atoms with Crippen molar-refractivity contribution in [2.24, 2.45) is 11.3 Å². The summed E-state index contributed by atoms with van der Waals surface area (Å²) in [5.74, 6) is 0.758. The maximum atomic E-state index is 5.43. The molecule has 0 aromatic rings. The third-order valence-corrected chi connectivity index (χ3v) is 5.40. The number of rotatable bonds is 7. The van der Waals surface area contributed by atoms with Gasteiger partial charge in [-0.15, -0.1) is 13.2 Å². The second-order valence-corrected chi connectivity index (χ2v) is 6.77. The highest BCUT2D eigenvalue weighted by molar-refractivity contribution is 4.99. The lowest BCUT2D eigenvalue weighted by atomic mass is 9.67. The molecule has 0 aromatic heterocycles. The van der Waals surface area contributed by atoms with Crippen LogP contribution in [0.15, 0.2) is 25.3 Å². The van der Waals surface area contributed by atoms with Crippen molar-refractivity contribution in [3.63, 3.8) is 0 Å². The van der Waals surface area contributed by atoms with Gasteiger partial charge in [0.2, 0.25) is 0 Å². The molecule has 2 rings (SSSR count). The fraction of sp³-hybridized carbons (Fsp3) is 0.778. The SMILES string of the molecule is C=CCC1(CC=C)CN(CCN2CCOCC2)CCC1C. The molecule has 0 bridgehead atoms. The monoisotopic (exact) mass is 292 g/mol. The maximum Gasteiger partial charge on any atom is 0.0594 e. The molecule has 0 amide bonds. The minimum atomic E-state index is 0.354. The van der Waals surface area contributed by atoms with E-state index in [0.717, 1.165) is 45.1 Å². The topological polar surface area (TPSA) is 15.7 Å². The van der Waals surface area contributed by atoms with Gasteiger partial charge in [-0.25, -0.2) is 0 Å². The van der Waals surface area contributed by atoms with E-state index in [0.29, 0.717) is 5.41 Å². The predicted molar refractivity (Wildman–Crippen MR) is 89.5 cm³/mol. The molecule has 0 aromatic carbocycles. The molecule has 21 heavy (non-hydrogen) atoms. The molecule has 120 valence electrons. The van der Waals surface area contributed by atoms with Gasteiger partial charge < -0.3 is 9.64 Å². The van der Waals surface area contributed by atoms with E-state index < -0.39 is 0 Å². The third kappa shape index (κ3) is 4.41. The third-order valence-electron chi connectivity index (χ3n) is 5.40. The normalized spacial score (nSPS) is 27.4. The molecule has 1 atom stereocenters. The van der Waals surface area contributed by atoms with Gasteiger partial charge in [0.15, 0.2) is 0 Å². The molecule has 2 aliphatic rings. The number of allylic oxidation sites excluding steroid dienone is 2. The molecular formula is C18H32N2O. The summed E-state index contributed by atoms with van der Waals surface area (Å²) < 4.78 is 5.43. The van der Waals surface area contributed by atoms with Crippen molar-refractivity contribution in [1.29, 1.82) is 0 Å². The molecule has 3 nitrogen and oxygen atoms in total. The average Bonchev–Trinajstić information content (AvgIpc) is 2.50.